The van der Waals surface area contributed by atoms with Crippen molar-refractivity contribution in [2.45, 2.75) is 6.92 Å². The Hall–Kier alpha value is -2.60. The number of nitrogen functional groups attached to an aromatic ring is 1. The number of rotatable bonds is 2. The number of nitrogens with two attached hydrogens (primary N) is 1. The number of hydrogen-bond donors (Lipinski definition) is 2. The number of halogens is 2. The van der Waals surface area contributed by atoms with Crippen LogP contribution in [-0.2, 0) is 0 Å². The molecule has 2 aromatic carbocycles. The van der Waals surface area contributed by atoms with E-state index < -0.39 is 5.82 Å². The van der Waals surface area contributed by atoms with Crippen LogP contribution in [0.3, 0.4) is 0 Å². The van der Waals surface area contributed by atoms with E-state index in [2.05, 4.69) is 15.4 Å². The normalized spacial score (nSPS) is 10.9. The number of fused-ring (bicyclic) bond motifs is 1. The van der Waals surface area contributed by atoms with Crippen LogP contribution < -0.4 is 11.3 Å². The van der Waals surface area contributed by atoms with Crippen LogP contribution in [-0.4, -0.2) is 9.97 Å². The molecule has 0 radical (unpaired) electrons. The van der Waals surface area contributed by atoms with Crippen molar-refractivity contribution >= 4 is 16.6 Å². The molecule has 0 fully saturated rings. The van der Waals surface area contributed by atoms with E-state index in [9.17, 15) is 8.78 Å². The highest BCUT2D eigenvalue weighted by Gasteiger charge is 2.14. The van der Waals surface area contributed by atoms with Gasteiger partial charge in [0.05, 0.1) is 5.69 Å². The second kappa shape index (κ2) is 5.06. The van der Waals surface area contributed by atoms with Gasteiger partial charge in [0, 0.05) is 10.9 Å². The van der Waals surface area contributed by atoms with Gasteiger partial charge in [-0.15, -0.1) is 0 Å². The highest BCUT2D eigenvalue weighted by atomic mass is 19.1. The third kappa shape index (κ3) is 2.19. The number of hydrazine groups is 1. The molecule has 0 aliphatic heterocycles. The highest BCUT2D eigenvalue weighted by molar-refractivity contribution is 5.95. The summed E-state index contributed by atoms with van der Waals surface area (Å²) in [5, 5.41) is 1.12. The molecule has 3 N–H and O–H groups in total. The molecule has 0 amide bonds. The lowest BCUT2D eigenvalue weighted by atomic mass is 10.0. The number of nitrogens with one attached hydrogen (secondary N) is 1. The van der Waals surface area contributed by atoms with Gasteiger partial charge in [0.1, 0.15) is 5.82 Å². The van der Waals surface area contributed by atoms with Crippen molar-refractivity contribution in [2.75, 3.05) is 5.43 Å². The monoisotopic (exact) mass is 286 g/mol. The predicted molar refractivity (Wildman–Crippen MR) is 77.4 cm³/mol. The minimum Gasteiger partial charge on any atom is -0.306 e. The maximum Gasteiger partial charge on any atom is 0.187 e. The van der Waals surface area contributed by atoms with E-state index in [4.69, 9.17) is 5.84 Å². The van der Waals surface area contributed by atoms with Crippen molar-refractivity contribution in [2.24, 2.45) is 5.84 Å². The molecule has 0 saturated heterocycles. The molecule has 0 spiro atoms. The molecule has 3 rings (SSSR count). The fourth-order valence-corrected chi connectivity index (χ4v) is 2.23. The Labute approximate surface area is 119 Å². The maximum absolute atomic E-state index is 13.8. The van der Waals surface area contributed by atoms with Crippen molar-refractivity contribution in [1.82, 2.24) is 9.97 Å². The van der Waals surface area contributed by atoms with Gasteiger partial charge in [-0.2, -0.15) is 0 Å². The van der Waals surface area contributed by atoms with Crippen molar-refractivity contribution < 1.29 is 8.78 Å². The SMILES string of the molecule is Cc1nc(-c2ccc(F)c3ccccc23)nc(NN)c1F. The summed E-state index contributed by atoms with van der Waals surface area (Å²) in [6.45, 7) is 1.52. The summed E-state index contributed by atoms with van der Waals surface area (Å²) < 4.78 is 27.6. The van der Waals surface area contributed by atoms with E-state index in [0.717, 1.165) is 0 Å². The van der Waals surface area contributed by atoms with E-state index in [1.54, 1.807) is 30.3 Å². The fraction of sp³-hybridized carbons (Fsp3) is 0.0667. The van der Waals surface area contributed by atoms with Crippen molar-refractivity contribution in [1.29, 1.82) is 0 Å². The third-order valence-corrected chi connectivity index (χ3v) is 3.27. The molecule has 0 aliphatic carbocycles. The molecule has 1 heterocycles. The van der Waals surface area contributed by atoms with Gasteiger partial charge in [0.25, 0.3) is 0 Å². The zero-order valence-electron chi connectivity index (χ0n) is 11.2. The van der Waals surface area contributed by atoms with E-state index in [0.29, 0.717) is 16.3 Å². The fourth-order valence-electron chi connectivity index (χ4n) is 2.23. The number of aromatic nitrogens is 2. The number of hydrogen-bond acceptors (Lipinski definition) is 4. The van der Waals surface area contributed by atoms with Gasteiger partial charge in [-0.05, 0) is 24.4 Å². The second-order valence-electron chi connectivity index (χ2n) is 4.58. The van der Waals surface area contributed by atoms with Crippen LogP contribution in [0.4, 0.5) is 14.6 Å². The number of aryl methyl sites for hydroxylation is 1. The molecule has 21 heavy (non-hydrogen) atoms. The first-order valence-corrected chi connectivity index (χ1v) is 6.30. The largest absolute Gasteiger partial charge is 0.306 e. The van der Waals surface area contributed by atoms with E-state index in [-0.39, 0.29) is 23.2 Å². The lowest BCUT2D eigenvalue weighted by Gasteiger charge is -2.10. The summed E-state index contributed by atoms with van der Waals surface area (Å²) in [4.78, 5) is 8.18. The van der Waals surface area contributed by atoms with Crippen LogP contribution in [0.25, 0.3) is 22.2 Å². The molecule has 0 aliphatic rings. The Balaban J connectivity index is 2.31. The van der Waals surface area contributed by atoms with Gasteiger partial charge in [-0.1, -0.05) is 24.3 Å². The first-order chi connectivity index (χ1) is 10.1. The Bertz CT molecular complexity index is 833. The molecular formula is C15H12F2N4. The first-order valence-electron chi connectivity index (χ1n) is 6.30. The average molecular weight is 286 g/mol. The van der Waals surface area contributed by atoms with Gasteiger partial charge in [-0.25, -0.2) is 24.6 Å². The first kappa shape index (κ1) is 13.4. The standard InChI is InChI=1S/C15H12F2N4/c1-8-13(17)15(21-18)20-14(19-8)11-6-7-12(16)10-5-3-2-4-9(10)11/h2-7H,18H2,1H3,(H,19,20,21). The summed E-state index contributed by atoms with van der Waals surface area (Å²) >= 11 is 0. The van der Waals surface area contributed by atoms with Crippen LogP contribution >= 0.6 is 0 Å². The van der Waals surface area contributed by atoms with Crippen molar-refractivity contribution in [3.05, 3.63) is 53.7 Å². The predicted octanol–water partition coefficient (Wildman–Crippen LogP) is 3.17. The highest BCUT2D eigenvalue weighted by Crippen LogP contribution is 2.29. The third-order valence-electron chi connectivity index (χ3n) is 3.27. The maximum atomic E-state index is 13.8. The van der Waals surface area contributed by atoms with Crippen LogP contribution in [0.1, 0.15) is 5.69 Å². The topological polar surface area (TPSA) is 63.8 Å². The molecule has 0 saturated carbocycles. The van der Waals surface area contributed by atoms with Gasteiger partial charge < -0.3 is 5.43 Å². The Morgan fingerprint density at radius 2 is 1.71 bits per heavy atom. The van der Waals surface area contributed by atoms with Crippen LogP contribution in [0.15, 0.2) is 36.4 Å². The Morgan fingerprint density at radius 3 is 2.43 bits per heavy atom. The van der Waals surface area contributed by atoms with E-state index >= 15 is 0 Å². The summed E-state index contributed by atoms with van der Waals surface area (Å²) in [7, 11) is 0. The molecule has 106 valence electrons. The summed E-state index contributed by atoms with van der Waals surface area (Å²) in [5.74, 6) is 4.53. The van der Waals surface area contributed by atoms with Gasteiger partial charge >= 0.3 is 0 Å². The van der Waals surface area contributed by atoms with Crippen LogP contribution in [0, 0.1) is 18.6 Å². The van der Waals surface area contributed by atoms with Crippen LogP contribution in [0.2, 0.25) is 0 Å². The van der Waals surface area contributed by atoms with E-state index in [1.165, 1.54) is 13.0 Å². The van der Waals surface area contributed by atoms with Gasteiger partial charge in [0.2, 0.25) is 0 Å². The zero-order valence-corrected chi connectivity index (χ0v) is 11.2. The quantitative estimate of drug-likeness (QED) is 0.561. The van der Waals surface area contributed by atoms with Gasteiger partial charge in [0.15, 0.2) is 17.5 Å². The lowest BCUT2D eigenvalue weighted by molar-refractivity contribution is 0.606. The van der Waals surface area contributed by atoms with Crippen molar-refractivity contribution in [3.63, 3.8) is 0 Å². The second-order valence-corrected chi connectivity index (χ2v) is 4.58. The minimum absolute atomic E-state index is 0.0918. The molecule has 6 heteroatoms. The van der Waals surface area contributed by atoms with Gasteiger partial charge in [-0.3, -0.25) is 0 Å². The summed E-state index contributed by atoms with van der Waals surface area (Å²) in [5.41, 5.74) is 2.99. The molecule has 0 atom stereocenters. The molecule has 4 nitrogen and oxygen atoms in total. The van der Waals surface area contributed by atoms with E-state index in [1.807, 2.05) is 0 Å². The molecule has 0 unspecified atom stereocenters. The molecule has 0 bridgehead atoms. The molecular weight excluding hydrogens is 274 g/mol. The summed E-state index contributed by atoms with van der Waals surface area (Å²) in [6, 6.07) is 9.90. The smallest absolute Gasteiger partial charge is 0.187 e. The Kier molecular flexibility index (Phi) is 3.23. The number of anilines is 1. The van der Waals surface area contributed by atoms with Crippen LogP contribution in [0.5, 0.6) is 0 Å². The Morgan fingerprint density at radius 1 is 1.00 bits per heavy atom. The zero-order chi connectivity index (χ0) is 15.0. The molecule has 1 aromatic heterocycles. The van der Waals surface area contributed by atoms with Crippen molar-refractivity contribution in [3.8, 4) is 11.4 Å². The lowest BCUT2D eigenvalue weighted by Crippen LogP contribution is -2.13. The number of nitrogens with zero attached hydrogens (tertiary/aromatic N) is 2. The molecule has 3 aromatic rings. The minimum atomic E-state index is -0.604. The summed E-state index contributed by atoms with van der Waals surface area (Å²) in [6.07, 6.45) is 0. The average Bonchev–Trinajstić information content (AvgIpc) is 2.51. The number of benzene rings is 2.